The number of nitrogens with one attached hydrogen (secondary N) is 1. The lowest BCUT2D eigenvalue weighted by Gasteiger charge is -2.09. The van der Waals surface area contributed by atoms with Crippen LogP contribution in [0.15, 0.2) is 40.8 Å². The van der Waals surface area contributed by atoms with Crippen LogP contribution in [0.2, 0.25) is 0 Å². The number of rotatable bonds is 6. The van der Waals surface area contributed by atoms with Crippen LogP contribution in [-0.4, -0.2) is 11.7 Å². The summed E-state index contributed by atoms with van der Waals surface area (Å²) in [5, 5.41) is 12.9. The number of hydrogen-bond donors (Lipinski definition) is 1. The Hall–Kier alpha value is -3.37. The van der Waals surface area contributed by atoms with Gasteiger partial charge in [-0.25, -0.2) is 0 Å². The lowest BCUT2D eigenvalue weighted by atomic mass is 9.96. The zero-order valence-electron chi connectivity index (χ0n) is 16.5. The Kier molecular flexibility index (Phi) is 5.68. The second kappa shape index (κ2) is 8.56. The van der Waals surface area contributed by atoms with Crippen LogP contribution in [0.4, 0.5) is 5.00 Å². The number of hydrogen-bond acceptors (Lipinski definition) is 6. The first-order valence-corrected chi connectivity index (χ1v) is 10.6. The van der Waals surface area contributed by atoms with Crippen LogP contribution in [0.5, 0.6) is 5.75 Å². The standard InChI is InChI=1S/C23H20N2O4S/c1-14(26)15-6-8-16(9-7-15)28-13-17-10-11-20(29-17)22(27)25-23-19(12-24)18-4-2-3-5-21(18)30-23/h6-11H,2-5,13H2,1H3,(H,25,27). The summed E-state index contributed by atoms with van der Waals surface area (Å²) in [6.45, 7) is 1.67. The number of anilines is 1. The fourth-order valence-corrected chi connectivity index (χ4v) is 4.69. The first-order chi connectivity index (χ1) is 14.5. The highest BCUT2D eigenvalue weighted by Crippen LogP contribution is 2.37. The number of nitriles is 1. The number of nitrogens with zero attached hydrogens (tertiary/aromatic N) is 1. The summed E-state index contributed by atoms with van der Waals surface area (Å²) in [6, 6.07) is 12.3. The average Bonchev–Trinajstić information content (AvgIpc) is 3.36. The highest BCUT2D eigenvalue weighted by molar-refractivity contribution is 7.16. The van der Waals surface area contributed by atoms with E-state index < -0.39 is 0 Å². The van der Waals surface area contributed by atoms with Gasteiger partial charge in [0, 0.05) is 10.4 Å². The van der Waals surface area contributed by atoms with E-state index in [4.69, 9.17) is 9.15 Å². The molecule has 3 aromatic rings. The molecular weight excluding hydrogens is 400 g/mol. The third-order valence-corrected chi connectivity index (χ3v) is 6.24. The third kappa shape index (κ3) is 4.14. The minimum atomic E-state index is -0.387. The van der Waals surface area contributed by atoms with Gasteiger partial charge in [-0.3, -0.25) is 9.59 Å². The van der Waals surface area contributed by atoms with E-state index in [0.717, 1.165) is 31.2 Å². The maximum atomic E-state index is 12.6. The molecule has 0 fully saturated rings. The molecule has 2 heterocycles. The average molecular weight is 420 g/mol. The predicted octanol–water partition coefficient (Wildman–Crippen LogP) is 5.13. The molecule has 0 spiro atoms. The molecule has 6 nitrogen and oxygen atoms in total. The van der Waals surface area contributed by atoms with Gasteiger partial charge in [0.2, 0.25) is 0 Å². The zero-order chi connectivity index (χ0) is 21.1. The van der Waals surface area contributed by atoms with E-state index in [-0.39, 0.29) is 24.1 Å². The van der Waals surface area contributed by atoms with E-state index in [2.05, 4.69) is 11.4 Å². The van der Waals surface area contributed by atoms with Crippen molar-refractivity contribution in [1.82, 2.24) is 0 Å². The van der Waals surface area contributed by atoms with Crippen molar-refractivity contribution in [3.63, 3.8) is 0 Å². The summed E-state index contributed by atoms with van der Waals surface area (Å²) in [5.74, 6) is 0.874. The number of benzene rings is 1. The van der Waals surface area contributed by atoms with Crippen molar-refractivity contribution in [1.29, 1.82) is 5.26 Å². The summed E-state index contributed by atoms with van der Waals surface area (Å²) >= 11 is 1.48. The van der Waals surface area contributed by atoms with Gasteiger partial charge >= 0.3 is 0 Å². The van der Waals surface area contributed by atoms with Gasteiger partial charge in [0.15, 0.2) is 11.5 Å². The fourth-order valence-electron chi connectivity index (χ4n) is 3.45. The molecule has 0 unspecified atom stereocenters. The van der Waals surface area contributed by atoms with Crippen LogP contribution in [0, 0.1) is 11.3 Å². The first-order valence-electron chi connectivity index (χ1n) is 9.73. The maximum absolute atomic E-state index is 12.6. The number of ether oxygens (including phenoxy) is 1. The number of amides is 1. The monoisotopic (exact) mass is 420 g/mol. The number of carbonyl (C=O) groups excluding carboxylic acids is 2. The van der Waals surface area contributed by atoms with Crippen LogP contribution in [0.3, 0.4) is 0 Å². The highest BCUT2D eigenvalue weighted by atomic mass is 32.1. The second-order valence-electron chi connectivity index (χ2n) is 7.12. The Morgan fingerprint density at radius 1 is 1.17 bits per heavy atom. The van der Waals surface area contributed by atoms with Gasteiger partial charge in [0.05, 0.1) is 5.56 Å². The van der Waals surface area contributed by atoms with Crippen molar-refractivity contribution in [2.24, 2.45) is 0 Å². The van der Waals surface area contributed by atoms with Crippen LogP contribution < -0.4 is 10.1 Å². The van der Waals surface area contributed by atoms with Crippen molar-refractivity contribution >= 4 is 28.0 Å². The Morgan fingerprint density at radius 3 is 2.67 bits per heavy atom. The smallest absolute Gasteiger partial charge is 0.292 e. The topological polar surface area (TPSA) is 92.3 Å². The Labute approximate surface area is 178 Å². The van der Waals surface area contributed by atoms with E-state index in [1.54, 1.807) is 36.4 Å². The number of furan rings is 1. The van der Waals surface area contributed by atoms with E-state index in [0.29, 0.717) is 27.6 Å². The molecule has 0 saturated heterocycles. The number of ketones is 1. The summed E-state index contributed by atoms with van der Waals surface area (Å²) in [7, 11) is 0. The normalized spacial score (nSPS) is 12.7. The minimum Gasteiger partial charge on any atom is -0.486 e. The Balaban J connectivity index is 1.40. The largest absolute Gasteiger partial charge is 0.486 e. The zero-order valence-corrected chi connectivity index (χ0v) is 17.3. The molecule has 1 amide bonds. The molecule has 0 aliphatic heterocycles. The molecular formula is C23H20N2O4S. The Bertz CT molecular complexity index is 1140. The Morgan fingerprint density at radius 2 is 1.93 bits per heavy atom. The molecule has 0 radical (unpaired) electrons. The van der Waals surface area contributed by atoms with Gasteiger partial charge < -0.3 is 14.5 Å². The van der Waals surface area contributed by atoms with Gasteiger partial charge in [-0.1, -0.05) is 0 Å². The SMILES string of the molecule is CC(=O)c1ccc(OCc2ccc(C(=O)Nc3sc4c(c3C#N)CCCC4)o2)cc1. The molecule has 1 aromatic carbocycles. The third-order valence-electron chi connectivity index (χ3n) is 5.04. The maximum Gasteiger partial charge on any atom is 0.292 e. The summed E-state index contributed by atoms with van der Waals surface area (Å²) in [6.07, 6.45) is 4.04. The molecule has 1 aliphatic rings. The second-order valence-corrected chi connectivity index (χ2v) is 8.22. The lowest BCUT2D eigenvalue weighted by molar-refractivity contribution is 0.0990. The highest BCUT2D eigenvalue weighted by Gasteiger charge is 2.23. The lowest BCUT2D eigenvalue weighted by Crippen LogP contribution is -2.11. The van der Waals surface area contributed by atoms with Crippen LogP contribution in [-0.2, 0) is 19.4 Å². The quantitative estimate of drug-likeness (QED) is 0.559. The molecule has 152 valence electrons. The van der Waals surface area contributed by atoms with E-state index in [9.17, 15) is 14.9 Å². The molecule has 0 atom stereocenters. The van der Waals surface area contributed by atoms with E-state index in [1.807, 2.05) is 0 Å². The molecule has 1 aliphatic carbocycles. The van der Waals surface area contributed by atoms with Crippen molar-refractivity contribution in [3.8, 4) is 11.8 Å². The molecule has 30 heavy (non-hydrogen) atoms. The van der Waals surface area contributed by atoms with Crippen molar-refractivity contribution in [2.75, 3.05) is 5.32 Å². The predicted molar refractivity (Wildman–Crippen MR) is 113 cm³/mol. The van der Waals surface area contributed by atoms with Crippen LogP contribution >= 0.6 is 11.3 Å². The van der Waals surface area contributed by atoms with Crippen molar-refractivity contribution < 1.29 is 18.7 Å². The van der Waals surface area contributed by atoms with E-state index in [1.165, 1.54) is 23.1 Å². The van der Waals surface area contributed by atoms with Gasteiger partial charge in [0.1, 0.15) is 29.2 Å². The molecule has 7 heteroatoms. The fraction of sp³-hybridized carbons (Fsp3) is 0.261. The summed E-state index contributed by atoms with van der Waals surface area (Å²) in [5.41, 5.74) is 2.27. The van der Waals surface area contributed by atoms with Gasteiger partial charge in [-0.15, -0.1) is 11.3 Å². The molecule has 0 bridgehead atoms. The number of thiophene rings is 1. The number of carbonyl (C=O) groups is 2. The minimum absolute atomic E-state index is 0.00520. The first kappa shape index (κ1) is 19.9. The molecule has 4 rings (SSSR count). The summed E-state index contributed by atoms with van der Waals surface area (Å²) in [4.78, 5) is 25.1. The van der Waals surface area contributed by atoms with Crippen LogP contribution in [0.1, 0.15) is 62.4 Å². The van der Waals surface area contributed by atoms with Gasteiger partial charge in [-0.05, 0) is 74.6 Å². The van der Waals surface area contributed by atoms with Crippen molar-refractivity contribution in [3.05, 3.63) is 69.5 Å². The number of Topliss-reactive ketones (excluding diaryl/α,β-unsaturated/α-hetero) is 1. The number of aryl methyl sites for hydroxylation is 1. The van der Waals surface area contributed by atoms with Crippen molar-refractivity contribution in [2.45, 2.75) is 39.2 Å². The summed E-state index contributed by atoms with van der Waals surface area (Å²) < 4.78 is 11.3. The molecule has 0 saturated carbocycles. The van der Waals surface area contributed by atoms with Crippen LogP contribution in [0.25, 0.3) is 0 Å². The van der Waals surface area contributed by atoms with Gasteiger partial charge in [0.25, 0.3) is 5.91 Å². The molecule has 1 N–H and O–H groups in total. The van der Waals surface area contributed by atoms with Gasteiger partial charge in [-0.2, -0.15) is 5.26 Å². The number of fused-ring (bicyclic) bond motifs is 1. The van der Waals surface area contributed by atoms with E-state index >= 15 is 0 Å². The molecule has 2 aromatic heterocycles.